The van der Waals surface area contributed by atoms with E-state index in [0.717, 1.165) is 0 Å². The van der Waals surface area contributed by atoms with Gasteiger partial charge in [-0.15, -0.1) is 0 Å². The van der Waals surface area contributed by atoms with Gasteiger partial charge in [0, 0.05) is 6.42 Å². The van der Waals surface area contributed by atoms with E-state index < -0.39 is 42.8 Å². The van der Waals surface area contributed by atoms with E-state index in [2.05, 4.69) is 0 Å². The van der Waals surface area contributed by atoms with Gasteiger partial charge in [-0.2, -0.15) is 8.42 Å². The molecule has 72 valence electrons. The van der Waals surface area contributed by atoms with Crippen molar-refractivity contribution in [1.29, 1.82) is 0 Å². The van der Waals surface area contributed by atoms with Gasteiger partial charge in [-0.1, -0.05) is 0 Å². The molecule has 0 aliphatic carbocycles. The lowest BCUT2D eigenvalue weighted by atomic mass is 10.3. The molecule has 0 spiro atoms. The van der Waals surface area contributed by atoms with E-state index in [-0.39, 0.29) is 0 Å². The van der Waals surface area contributed by atoms with E-state index in [1.54, 1.807) is 0 Å². The van der Waals surface area contributed by atoms with Crippen molar-refractivity contribution in [2.45, 2.75) is 11.4 Å². The van der Waals surface area contributed by atoms with Crippen LogP contribution in [0.15, 0.2) is 0 Å². The van der Waals surface area contributed by atoms with Gasteiger partial charge in [0.25, 0.3) is 10.1 Å². The molecule has 0 aromatic rings. The molecule has 0 bridgehead atoms. The number of rotatable bonds is 1. The minimum Gasteiger partial charge on any atom is -0.372 e. The Kier molecular flexibility index (Phi) is 1.99. The Morgan fingerprint density at radius 2 is 1.83 bits per heavy atom. The van der Waals surface area contributed by atoms with Gasteiger partial charge in [0.05, 0.1) is 11.5 Å². The molecule has 8 heteroatoms. The predicted octanol–water partition coefficient (Wildman–Crippen LogP) is -1.62. The third-order valence-corrected chi connectivity index (χ3v) is 4.96. The summed E-state index contributed by atoms with van der Waals surface area (Å²) in [6.45, 7) is 0. The van der Waals surface area contributed by atoms with Crippen LogP contribution < -0.4 is 0 Å². The monoisotopic (exact) mass is 216 g/mol. The quantitative estimate of drug-likeness (QED) is 0.510. The lowest BCUT2D eigenvalue weighted by molar-refractivity contribution is 0.139. The first-order valence-corrected chi connectivity index (χ1v) is 6.32. The highest BCUT2D eigenvalue weighted by Crippen LogP contribution is 2.27. The molecule has 1 atom stereocenters. The molecule has 0 radical (unpaired) electrons. The van der Waals surface area contributed by atoms with Crippen molar-refractivity contribution in [3.63, 3.8) is 0 Å². The van der Waals surface area contributed by atoms with Crippen LogP contribution in [0.2, 0.25) is 0 Å². The molecule has 1 rings (SSSR count). The standard InChI is InChI=1S/C4H8O6S2/c5-4(12(8,9)10)1-2-11(6,7)3-4/h5H,1-3H2,(H,8,9,10). The van der Waals surface area contributed by atoms with E-state index in [9.17, 15) is 16.8 Å². The van der Waals surface area contributed by atoms with Crippen LogP contribution in [-0.4, -0.2) is 42.9 Å². The summed E-state index contributed by atoms with van der Waals surface area (Å²) in [4.78, 5) is -2.49. The molecular weight excluding hydrogens is 208 g/mol. The summed E-state index contributed by atoms with van der Waals surface area (Å²) in [6, 6.07) is 0. The molecule has 1 saturated heterocycles. The largest absolute Gasteiger partial charge is 0.372 e. The number of aliphatic hydroxyl groups is 1. The highest BCUT2D eigenvalue weighted by atomic mass is 32.2. The Hall–Kier alpha value is -0.180. The van der Waals surface area contributed by atoms with Gasteiger partial charge >= 0.3 is 0 Å². The molecule has 0 aromatic carbocycles. The number of hydrogen-bond donors (Lipinski definition) is 2. The van der Waals surface area contributed by atoms with Gasteiger partial charge in [-0.05, 0) is 0 Å². The Morgan fingerprint density at radius 3 is 2.00 bits per heavy atom. The minimum absolute atomic E-state index is 0.413. The van der Waals surface area contributed by atoms with Crippen LogP contribution in [0.3, 0.4) is 0 Å². The van der Waals surface area contributed by atoms with Crippen molar-refractivity contribution in [3.05, 3.63) is 0 Å². The second-order valence-electron chi connectivity index (χ2n) is 2.76. The number of hydrogen-bond acceptors (Lipinski definition) is 5. The smallest absolute Gasteiger partial charge is 0.296 e. The summed E-state index contributed by atoms with van der Waals surface area (Å²) in [7, 11) is -8.22. The molecule has 1 heterocycles. The van der Waals surface area contributed by atoms with Crippen LogP contribution >= 0.6 is 0 Å². The van der Waals surface area contributed by atoms with Crippen molar-refractivity contribution < 1.29 is 26.5 Å². The van der Waals surface area contributed by atoms with Gasteiger partial charge < -0.3 is 5.11 Å². The first-order chi connectivity index (χ1) is 5.16. The normalized spacial score (nSPS) is 35.2. The van der Waals surface area contributed by atoms with Crippen LogP contribution in [0.4, 0.5) is 0 Å². The van der Waals surface area contributed by atoms with Gasteiger partial charge in [0.1, 0.15) is 0 Å². The second kappa shape index (κ2) is 2.41. The fourth-order valence-corrected chi connectivity index (χ4v) is 4.25. The van der Waals surface area contributed by atoms with Crippen LogP contribution in [-0.2, 0) is 20.0 Å². The Labute approximate surface area is 69.9 Å². The first-order valence-electron chi connectivity index (χ1n) is 3.06. The Bertz CT molecular complexity index is 378. The Morgan fingerprint density at radius 1 is 1.33 bits per heavy atom. The summed E-state index contributed by atoms with van der Waals surface area (Å²) in [6.07, 6.45) is -0.464. The molecule has 0 saturated carbocycles. The summed E-state index contributed by atoms with van der Waals surface area (Å²) < 4.78 is 50.9. The molecular formula is C4H8O6S2. The van der Waals surface area contributed by atoms with Gasteiger partial charge in [-0.3, -0.25) is 4.55 Å². The fourth-order valence-electron chi connectivity index (χ4n) is 1.01. The van der Waals surface area contributed by atoms with Crippen LogP contribution in [0.25, 0.3) is 0 Å². The molecule has 0 aromatic heterocycles. The maximum Gasteiger partial charge on any atom is 0.296 e. The zero-order valence-electron chi connectivity index (χ0n) is 5.97. The van der Waals surface area contributed by atoms with E-state index in [4.69, 9.17) is 9.66 Å². The molecule has 1 unspecified atom stereocenters. The SMILES string of the molecule is O=S1(=O)CCC(O)(S(=O)(=O)O)C1. The van der Waals surface area contributed by atoms with Crippen molar-refractivity contribution in [2.75, 3.05) is 11.5 Å². The zero-order valence-corrected chi connectivity index (χ0v) is 7.60. The van der Waals surface area contributed by atoms with Crippen molar-refractivity contribution in [1.82, 2.24) is 0 Å². The summed E-state index contributed by atoms with van der Waals surface area (Å²) >= 11 is 0. The van der Waals surface area contributed by atoms with E-state index in [1.807, 2.05) is 0 Å². The number of sulfone groups is 1. The third-order valence-electron chi connectivity index (χ3n) is 1.73. The maximum atomic E-state index is 10.8. The average molecular weight is 216 g/mol. The molecule has 1 fully saturated rings. The van der Waals surface area contributed by atoms with Crippen LogP contribution in [0.5, 0.6) is 0 Å². The van der Waals surface area contributed by atoms with E-state index in [1.165, 1.54) is 0 Å². The molecule has 12 heavy (non-hydrogen) atoms. The maximum absolute atomic E-state index is 10.8. The average Bonchev–Trinajstić information content (AvgIpc) is 2.05. The minimum atomic E-state index is -4.70. The van der Waals surface area contributed by atoms with E-state index in [0.29, 0.717) is 0 Å². The van der Waals surface area contributed by atoms with Crippen molar-refractivity contribution >= 4 is 20.0 Å². The highest BCUT2D eigenvalue weighted by Gasteiger charge is 2.50. The molecule has 0 amide bonds. The summed E-state index contributed by atoms with van der Waals surface area (Å²) in [5.41, 5.74) is 0. The van der Waals surface area contributed by atoms with Gasteiger partial charge in [-0.25, -0.2) is 8.42 Å². The molecule has 1 aliphatic rings. The Balaban J connectivity index is 3.10. The lowest BCUT2D eigenvalue weighted by Gasteiger charge is -2.15. The van der Waals surface area contributed by atoms with E-state index >= 15 is 0 Å². The van der Waals surface area contributed by atoms with Crippen LogP contribution in [0.1, 0.15) is 6.42 Å². The molecule has 6 nitrogen and oxygen atoms in total. The van der Waals surface area contributed by atoms with Gasteiger partial charge in [0.2, 0.25) is 4.93 Å². The topological polar surface area (TPSA) is 109 Å². The molecule has 1 aliphatic heterocycles. The van der Waals surface area contributed by atoms with Crippen LogP contribution in [0, 0.1) is 0 Å². The fraction of sp³-hybridized carbons (Fsp3) is 1.00. The van der Waals surface area contributed by atoms with Crippen molar-refractivity contribution in [2.24, 2.45) is 0 Å². The predicted molar refractivity (Wildman–Crippen MR) is 39.8 cm³/mol. The summed E-state index contributed by atoms with van der Waals surface area (Å²) in [5, 5.41) is 9.15. The third kappa shape index (κ3) is 1.60. The second-order valence-corrected chi connectivity index (χ2v) is 6.66. The lowest BCUT2D eigenvalue weighted by Crippen LogP contribution is -2.39. The summed E-state index contributed by atoms with van der Waals surface area (Å²) in [5.74, 6) is -1.33. The zero-order chi connectivity index (χ0) is 9.62. The molecule has 2 N–H and O–H groups in total. The van der Waals surface area contributed by atoms with Gasteiger partial charge in [0.15, 0.2) is 9.84 Å². The first kappa shape index (κ1) is 9.90. The highest BCUT2D eigenvalue weighted by molar-refractivity contribution is 7.94. The van der Waals surface area contributed by atoms with Crippen molar-refractivity contribution in [3.8, 4) is 0 Å².